The van der Waals surface area contributed by atoms with Crippen LogP contribution in [0.3, 0.4) is 0 Å². The van der Waals surface area contributed by atoms with Crippen LogP contribution in [0, 0.1) is 0 Å². The van der Waals surface area contributed by atoms with Crippen molar-refractivity contribution in [3.8, 4) is 5.75 Å². The molecule has 2 rings (SSSR count). The van der Waals surface area contributed by atoms with Gasteiger partial charge in [-0.25, -0.2) is 0 Å². The second kappa shape index (κ2) is 7.79. The first-order valence-electron chi connectivity index (χ1n) is 7.51. The third-order valence-corrected chi connectivity index (χ3v) is 3.42. The summed E-state index contributed by atoms with van der Waals surface area (Å²) in [5, 5.41) is 5.69. The number of rotatable bonds is 7. The fraction of sp³-hybridized carbons (Fsp3) is 0.500. The summed E-state index contributed by atoms with van der Waals surface area (Å²) >= 11 is 0. The minimum absolute atomic E-state index is 0.0526. The van der Waals surface area contributed by atoms with E-state index in [-0.39, 0.29) is 18.4 Å². The lowest BCUT2D eigenvalue weighted by Crippen LogP contribution is -2.27. The number of carbonyl (C=O) groups is 2. The van der Waals surface area contributed by atoms with Gasteiger partial charge in [0.05, 0.1) is 5.69 Å². The number of anilines is 1. The number of aryl methyl sites for hydroxylation is 1. The molecule has 0 radical (unpaired) electrons. The Morgan fingerprint density at radius 3 is 3.00 bits per heavy atom. The van der Waals surface area contributed by atoms with Gasteiger partial charge >= 0.3 is 0 Å². The Bertz CT molecular complexity index is 543. The summed E-state index contributed by atoms with van der Waals surface area (Å²) in [4.78, 5) is 25.2. The lowest BCUT2D eigenvalue weighted by molar-refractivity contribution is -0.121. The van der Waals surface area contributed by atoms with Crippen LogP contribution in [-0.4, -0.2) is 50.5 Å². The van der Waals surface area contributed by atoms with Crippen molar-refractivity contribution >= 4 is 17.5 Å². The number of hydrogen-bond donors (Lipinski definition) is 2. The minimum Gasteiger partial charge on any atom is -0.482 e. The van der Waals surface area contributed by atoms with Gasteiger partial charge in [-0.15, -0.1) is 0 Å². The van der Waals surface area contributed by atoms with Gasteiger partial charge in [-0.1, -0.05) is 6.07 Å². The minimum atomic E-state index is -0.150. The maximum atomic E-state index is 11.8. The van der Waals surface area contributed by atoms with Crippen molar-refractivity contribution in [2.45, 2.75) is 19.3 Å². The van der Waals surface area contributed by atoms with E-state index in [2.05, 4.69) is 15.5 Å². The summed E-state index contributed by atoms with van der Waals surface area (Å²) < 4.78 is 5.31. The fourth-order valence-electron chi connectivity index (χ4n) is 2.26. The lowest BCUT2D eigenvalue weighted by Gasteiger charge is -2.18. The zero-order chi connectivity index (χ0) is 15.9. The molecule has 0 atom stereocenters. The van der Waals surface area contributed by atoms with Gasteiger partial charge in [0.1, 0.15) is 5.75 Å². The summed E-state index contributed by atoms with van der Waals surface area (Å²) in [6.07, 6.45) is 2.03. The molecular formula is C16H23N3O3. The van der Waals surface area contributed by atoms with Crippen molar-refractivity contribution in [1.82, 2.24) is 10.2 Å². The maximum absolute atomic E-state index is 11.8. The van der Waals surface area contributed by atoms with Crippen LogP contribution in [0.15, 0.2) is 18.2 Å². The van der Waals surface area contributed by atoms with Crippen molar-refractivity contribution in [1.29, 1.82) is 0 Å². The van der Waals surface area contributed by atoms with Gasteiger partial charge in [-0.3, -0.25) is 9.59 Å². The molecule has 0 bridgehead atoms. The summed E-state index contributed by atoms with van der Waals surface area (Å²) in [6.45, 7) is 1.72. The first kappa shape index (κ1) is 16.3. The summed E-state index contributed by atoms with van der Waals surface area (Å²) in [7, 11) is 4.03. The molecule has 1 aromatic rings. The summed E-state index contributed by atoms with van der Waals surface area (Å²) in [6, 6.07) is 5.63. The normalized spacial score (nSPS) is 13.3. The molecule has 0 fully saturated rings. The van der Waals surface area contributed by atoms with Crippen molar-refractivity contribution in [2.75, 3.05) is 39.1 Å². The van der Waals surface area contributed by atoms with E-state index in [0.29, 0.717) is 30.8 Å². The van der Waals surface area contributed by atoms with Crippen LogP contribution in [0.1, 0.15) is 18.4 Å². The number of benzene rings is 1. The first-order chi connectivity index (χ1) is 10.5. The molecule has 2 N–H and O–H groups in total. The number of amides is 2. The molecule has 1 aromatic carbocycles. The smallest absolute Gasteiger partial charge is 0.262 e. The van der Waals surface area contributed by atoms with Gasteiger partial charge in [-0.05, 0) is 51.2 Å². The van der Waals surface area contributed by atoms with Crippen LogP contribution in [0.2, 0.25) is 0 Å². The van der Waals surface area contributed by atoms with Gasteiger partial charge in [0.2, 0.25) is 5.91 Å². The Labute approximate surface area is 130 Å². The number of ether oxygens (including phenoxy) is 1. The zero-order valence-electron chi connectivity index (χ0n) is 13.1. The van der Waals surface area contributed by atoms with Crippen molar-refractivity contribution in [3.63, 3.8) is 0 Å². The van der Waals surface area contributed by atoms with Gasteiger partial charge in [0.15, 0.2) is 6.61 Å². The molecule has 0 aromatic heterocycles. The van der Waals surface area contributed by atoms with E-state index in [1.165, 1.54) is 0 Å². The number of carbonyl (C=O) groups excluding carboxylic acids is 2. The second-order valence-electron chi connectivity index (χ2n) is 5.67. The Hall–Kier alpha value is -2.08. The van der Waals surface area contributed by atoms with E-state index in [1.807, 2.05) is 32.3 Å². The predicted octanol–water partition coefficient (Wildman–Crippen LogP) is 1.02. The third kappa shape index (κ3) is 5.04. The van der Waals surface area contributed by atoms with Crippen molar-refractivity contribution in [2.24, 2.45) is 0 Å². The number of nitrogens with one attached hydrogen (secondary N) is 2. The average molecular weight is 305 g/mol. The topological polar surface area (TPSA) is 70.7 Å². The molecule has 0 saturated carbocycles. The van der Waals surface area contributed by atoms with Gasteiger partial charge < -0.3 is 20.3 Å². The van der Waals surface area contributed by atoms with E-state index in [0.717, 1.165) is 18.5 Å². The number of nitrogens with zero attached hydrogens (tertiary/aromatic N) is 1. The van der Waals surface area contributed by atoms with Crippen LogP contribution in [0.4, 0.5) is 5.69 Å². The molecule has 1 aliphatic heterocycles. The first-order valence-corrected chi connectivity index (χ1v) is 7.51. The molecule has 0 aliphatic carbocycles. The Morgan fingerprint density at radius 2 is 2.23 bits per heavy atom. The Balaban J connectivity index is 1.76. The molecule has 0 saturated heterocycles. The number of fused-ring (bicyclic) bond motifs is 1. The molecule has 2 amide bonds. The van der Waals surface area contributed by atoms with E-state index in [9.17, 15) is 9.59 Å². The van der Waals surface area contributed by atoms with E-state index < -0.39 is 0 Å². The quantitative estimate of drug-likeness (QED) is 0.738. The Kier molecular flexibility index (Phi) is 5.77. The summed E-state index contributed by atoms with van der Waals surface area (Å²) in [5.41, 5.74) is 1.69. The van der Waals surface area contributed by atoms with Crippen molar-refractivity contribution in [3.05, 3.63) is 23.8 Å². The number of hydrogen-bond acceptors (Lipinski definition) is 4. The van der Waals surface area contributed by atoms with Gasteiger partial charge in [0.25, 0.3) is 5.91 Å². The lowest BCUT2D eigenvalue weighted by atomic mass is 10.1. The van der Waals surface area contributed by atoms with E-state index >= 15 is 0 Å². The highest BCUT2D eigenvalue weighted by Crippen LogP contribution is 2.28. The predicted molar refractivity (Wildman–Crippen MR) is 85.1 cm³/mol. The molecule has 22 heavy (non-hydrogen) atoms. The molecule has 0 unspecified atom stereocenters. The highest BCUT2D eigenvalue weighted by molar-refractivity contribution is 5.95. The van der Waals surface area contributed by atoms with Crippen LogP contribution in [0.25, 0.3) is 0 Å². The van der Waals surface area contributed by atoms with Crippen LogP contribution in [0.5, 0.6) is 5.75 Å². The van der Waals surface area contributed by atoms with Crippen LogP contribution < -0.4 is 15.4 Å². The standard InChI is InChI=1S/C16H23N3O3/c1-19(2)9-3-8-17-15(20)7-5-12-4-6-14-13(10-12)18-16(21)11-22-14/h4,6,10H,3,5,7-9,11H2,1-2H3,(H,17,20)(H,18,21). The third-order valence-electron chi connectivity index (χ3n) is 3.42. The van der Waals surface area contributed by atoms with Crippen LogP contribution >= 0.6 is 0 Å². The molecule has 120 valence electrons. The second-order valence-corrected chi connectivity index (χ2v) is 5.67. The highest BCUT2D eigenvalue weighted by atomic mass is 16.5. The summed E-state index contributed by atoms with van der Waals surface area (Å²) in [5.74, 6) is 0.580. The van der Waals surface area contributed by atoms with Gasteiger partial charge in [0, 0.05) is 13.0 Å². The molecule has 1 aliphatic rings. The molecule has 0 spiro atoms. The molecule has 6 heteroatoms. The zero-order valence-corrected chi connectivity index (χ0v) is 13.1. The highest BCUT2D eigenvalue weighted by Gasteiger charge is 2.16. The molecular weight excluding hydrogens is 282 g/mol. The van der Waals surface area contributed by atoms with E-state index in [4.69, 9.17) is 4.74 Å². The average Bonchev–Trinajstić information content (AvgIpc) is 2.49. The van der Waals surface area contributed by atoms with Crippen molar-refractivity contribution < 1.29 is 14.3 Å². The molecule has 6 nitrogen and oxygen atoms in total. The largest absolute Gasteiger partial charge is 0.482 e. The monoisotopic (exact) mass is 305 g/mol. The Morgan fingerprint density at radius 1 is 1.41 bits per heavy atom. The maximum Gasteiger partial charge on any atom is 0.262 e. The van der Waals surface area contributed by atoms with Crippen LogP contribution in [-0.2, 0) is 16.0 Å². The van der Waals surface area contributed by atoms with Gasteiger partial charge in [-0.2, -0.15) is 0 Å². The fourth-order valence-corrected chi connectivity index (χ4v) is 2.26. The molecule has 1 heterocycles. The SMILES string of the molecule is CN(C)CCCNC(=O)CCc1ccc2c(c1)NC(=O)CO2. The van der Waals surface area contributed by atoms with E-state index in [1.54, 1.807) is 0 Å².